The largest absolute Gasteiger partial charge is 0.495 e. The maximum atomic E-state index is 13.8. The molecule has 0 bridgehead atoms. The van der Waals surface area contributed by atoms with Crippen molar-refractivity contribution in [3.8, 4) is 11.4 Å². The van der Waals surface area contributed by atoms with E-state index in [1.54, 1.807) is 13.3 Å². The minimum Gasteiger partial charge on any atom is -0.495 e. The SMILES string of the molecule is COc1ccccc1N1CCN(C(=O)c2cnn(-c3ccc(C)cc3C)c2C2CCNCC2)CC1.Cl. The molecule has 5 rings (SSSR count). The van der Waals surface area contributed by atoms with Gasteiger partial charge in [-0.1, -0.05) is 29.8 Å². The maximum Gasteiger partial charge on any atom is 0.257 e. The molecule has 2 aliphatic rings. The van der Waals surface area contributed by atoms with Crippen LogP contribution in [0.3, 0.4) is 0 Å². The van der Waals surface area contributed by atoms with Crippen molar-refractivity contribution >= 4 is 24.0 Å². The Balaban J connectivity index is 0.00000304. The zero-order valence-corrected chi connectivity index (χ0v) is 22.2. The van der Waals surface area contributed by atoms with E-state index in [4.69, 9.17) is 9.84 Å². The van der Waals surface area contributed by atoms with Crippen LogP contribution >= 0.6 is 12.4 Å². The van der Waals surface area contributed by atoms with E-state index in [1.165, 1.54) is 11.1 Å². The summed E-state index contributed by atoms with van der Waals surface area (Å²) >= 11 is 0. The van der Waals surface area contributed by atoms with Gasteiger partial charge in [0.15, 0.2) is 0 Å². The summed E-state index contributed by atoms with van der Waals surface area (Å²) in [6.07, 6.45) is 3.82. The quantitative estimate of drug-likeness (QED) is 0.554. The number of para-hydroxylation sites is 2. The molecule has 0 radical (unpaired) electrons. The highest BCUT2D eigenvalue weighted by atomic mass is 35.5. The molecule has 8 heteroatoms. The Morgan fingerprint density at radius 3 is 2.42 bits per heavy atom. The van der Waals surface area contributed by atoms with Gasteiger partial charge in [0, 0.05) is 32.1 Å². The molecule has 0 spiro atoms. The molecule has 2 aliphatic heterocycles. The van der Waals surface area contributed by atoms with Gasteiger partial charge in [-0.25, -0.2) is 4.68 Å². The molecular formula is C28H36ClN5O2. The third-order valence-electron chi connectivity index (χ3n) is 7.34. The molecule has 192 valence electrons. The lowest BCUT2D eigenvalue weighted by Crippen LogP contribution is -2.49. The first kappa shape index (κ1) is 26.0. The van der Waals surface area contributed by atoms with Gasteiger partial charge in [0.1, 0.15) is 5.75 Å². The molecule has 3 aromatic rings. The molecule has 0 unspecified atom stereocenters. The van der Waals surface area contributed by atoms with E-state index in [0.29, 0.717) is 19.0 Å². The molecule has 36 heavy (non-hydrogen) atoms. The van der Waals surface area contributed by atoms with Crippen molar-refractivity contribution in [2.24, 2.45) is 0 Å². The Kier molecular flexibility index (Phi) is 8.21. The first-order chi connectivity index (χ1) is 17.1. The van der Waals surface area contributed by atoms with Crippen molar-refractivity contribution in [2.45, 2.75) is 32.6 Å². The molecule has 2 aromatic carbocycles. The zero-order chi connectivity index (χ0) is 24.4. The molecule has 0 atom stereocenters. The van der Waals surface area contributed by atoms with Crippen LogP contribution in [0.25, 0.3) is 5.69 Å². The van der Waals surface area contributed by atoms with Gasteiger partial charge in [-0.2, -0.15) is 5.10 Å². The van der Waals surface area contributed by atoms with Gasteiger partial charge < -0.3 is 19.9 Å². The molecule has 2 fully saturated rings. The van der Waals surface area contributed by atoms with Crippen LogP contribution in [0.5, 0.6) is 5.75 Å². The second-order valence-corrected chi connectivity index (χ2v) is 9.62. The van der Waals surface area contributed by atoms with Crippen molar-refractivity contribution in [3.63, 3.8) is 0 Å². The number of nitrogens with zero attached hydrogens (tertiary/aromatic N) is 4. The average Bonchev–Trinajstić information content (AvgIpc) is 3.33. The number of benzene rings is 2. The van der Waals surface area contributed by atoms with E-state index in [-0.39, 0.29) is 18.3 Å². The third kappa shape index (κ3) is 5.08. The summed E-state index contributed by atoms with van der Waals surface area (Å²) in [5.74, 6) is 1.28. The average molecular weight is 510 g/mol. The number of methoxy groups -OCH3 is 1. The van der Waals surface area contributed by atoms with E-state index < -0.39 is 0 Å². The highest BCUT2D eigenvalue weighted by Crippen LogP contribution is 2.33. The number of nitrogens with one attached hydrogen (secondary N) is 1. The first-order valence-corrected chi connectivity index (χ1v) is 12.6. The van der Waals surface area contributed by atoms with Crippen LogP contribution < -0.4 is 15.0 Å². The van der Waals surface area contributed by atoms with E-state index in [0.717, 1.165) is 67.4 Å². The molecule has 1 amide bonds. The van der Waals surface area contributed by atoms with E-state index in [2.05, 4.69) is 48.3 Å². The van der Waals surface area contributed by atoms with Gasteiger partial charge in [-0.15, -0.1) is 12.4 Å². The first-order valence-electron chi connectivity index (χ1n) is 12.6. The lowest BCUT2D eigenvalue weighted by Gasteiger charge is -2.37. The third-order valence-corrected chi connectivity index (χ3v) is 7.34. The van der Waals surface area contributed by atoms with Crippen LogP contribution in [0.15, 0.2) is 48.7 Å². The number of aromatic nitrogens is 2. The fraction of sp³-hybridized carbons (Fsp3) is 0.429. The number of piperidine rings is 1. The summed E-state index contributed by atoms with van der Waals surface area (Å²) in [6, 6.07) is 14.5. The maximum absolute atomic E-state index is 13.8. The number of rotatable bonds is 5. The fourth-order valence-electron chi connectivity index (χ4n) is 5.46. The predicted molar refractivity (Wildman–Crippen MR) is 146 cm³/mol. The number of carbonyl (C=O) groups excluding carboxylic acids is 1. The van der Waals surface area contributed by atoms with Crippen molar-refractivity contribution in [1.29, 1.82) is 0 Å². The topological polar surface area (TPSA) is 62.6 Å². The number of halogens is 1. The molecule has 3 heterocycles. The Hall–Kier alpha value is -3.03. The number of aryl methyl sites for hydroxylation is 2. The van der Waals surface area contributed by atoms with E-state index in [9.17, 15) is 4.79 Å². The number of hydrogen-bond acceptors (Lipinski definition) is 5. The molecule has 1 N–H and O–H groups in total. The molecule has 0 aliphatic carbocycles. The van der Waals surface area contributed by atoms with Gasteiger partial charge in [-0.3, -0.25) is 4.79 Å². The molecule has 2 saturated heterocycles. The van der Waals surface area contributed by atoms with Crippen LogP contribution in [0.2, 0.25) is 0 Å². The van der Waals surface area contributed by atoms with Gasteiger partial charge in [0.05, 0.1) is 35.9 Å². The van der Waals surface area contributed by atoms with Gasteiger partial charge in [0.2, 0.25) is 0 Å². The van der Waals surface area contributed by atoms with Crippen LogP contribution in [-0.4, -0.2) is 67.0 Å². The minimum absolute atomic E-state index is 0. The van der Waals surface area contributed by atoms with Crippen LogP contribution in [-0.2, 0) is 0 Å². The lowest BCUT2D eigenvalue weighted by molar-refractivity contribution is 0.0744. The molecule has 0 saturated carbocycles. The van der Waals surface area contributed by atoms with Gasteiger partial charge >= 0.3 is 0 Å². The smallest absolute Gasteiger partial charge is 0.257 e. The number of ether oxygens (including phenoxy) is 1. The standard InChI is InChI=1S/C28H35N5O2.ClH/c1-20-8-9-24(21(2)18-20)33-27(22-10-12-29-13-11-22)23(19-30-33)28(34)32-16-14-31(15-17-32)25-6-4-5-7-26(25)35-3;/h4-9,18-19,22,29H,10-17H2,1-3H3;1H. The summed E-state index contributed by atoms with van der Waals surface area (Å²) in [5, 5.41) is 8.23. The lowest BCUT2D eigenvalue weighted by atomic mass is 9.91. The Morgan fingerprint density at radius 1 is 1.00 bits per heavy atom. The summed E-state index contributed by atoms with van der Waals surface area (Å²) in [6.45, 7) is 9.07. The summed E-state index contributed by atoms with van der Waals surface area (Å²) in [7, 11) is 1.70. The number of amides is 1. The summed E-state index contributed by atoms with van der Waals surface area (Å²) in [4.78, 5) is 18.1. The van der Waals surface area contributed by atoms with E-state index in [1.807, 2.05) is 27.8 Å². The molecular weight excluding hydrogens is 474 g/mol. The summed E-state index contributed by atoms with van der Waals surface area (Å²) in [5.41, 5.74) is 6.36. The minimum atomic E-state index is 0. The second kappa shape index (κ2) is 11.4. The van der Waals surface area contributed by atoms with Gasteiger partial charge in [-0.05, 0) is 63.5 Å². The number of anilines is 1. The molecule has 7 nitrogen and oxygen atoms in total. The monoisotopic (exact) mass is 509 g/mol. The predicted octanol–water partition coefficient (Wildman–Crippen LogP) is 4.35. The van der Waals surface area contributed by atoms with E-state index >= 15 is 0 Å². The number of hydrogen-bond donors (Lipinski definition) is 1. The molecule has 1 aromatic heterocycles. The van der Waals surface area contributed by atoms with Crippen LogP contribution in [0.4, 0.5) is 5.69 Å². The Morgan fingerprint density at radius 2 is 1.72 bits per heavy atom. The highest BCUT2D eigenvalue weighted by molar-refractivity contribution is 5.95. The Bertz CT molecular complexity index is 1200. The van der Waals surface area contributed by atoms with Crippen molar-refractivity contribution in [3.05, 3.63) is 71.0 Å². The van der Waals surface area contributed by atoms with Gasteiger partial charge in [0.25, 0.3) is 5.91 Å². The summed E-state index contributed by atoms with van der Waals surface area (Å²) < 4.78 is 7.58. The normalized spacial score (nSPS) is 16.5. The fourth-order valence-corrected chi connectivity index (χ4v) is 5.46. The number of piperazine rings is 1. The van der Waals surface area contributed by atoms with Crippen molar-refractivity contribution in [1.82, 2.24) is 20.0 Å². The van der Waals surface area contributed by atoms with Crippen molar-refractivity contribution < 1.29 is 9.53 Å². The van der Waals surface area contributed by atoms with Crippen LogP contribution in [0, 0.1) is 13.8 Å². The number of carbonyl (C=O) groups is 1. The highest BCUT2D eigenvalue weighted by Gasteiger charge is 2.31. The van der Waals surface area contributed by atoms with Crippen LogP contribution in [0.1, 0.15) is 45.9 Å². The second-order valence-electron chi connectivity index (χ2n) is 9.62. The Labute approximate surface area is 219 Å². The van der Waals surface area contributed by atoms with Crippen molar-refractivity contribution in [2.75, 3.05) is 51.3 Å². The zero-order valence-electron chi connectivity index (χ0n) is 21.4.